The summed E-state index contributed by atoms with van der Waals surface area (Å²) in [4.78, 5) is 43.7. The Kier molecular flexibility index (Phi) is 53.7. The molecule has 476 valence electrons. The normalized spacial score (nSPS) is 13.1. The molecule has 0 rings (SSSR count). The molecule has 0 heterocycles. The minimum atomic E-state index is -4.32. The fourth-order valence-corrected chi connectivity index (χ4v) is 9.79. The van der Waals surface area contributed by atoms with Crippen molar-refractivity contribution in [1.29, 1.82) is 0 Å². The van der Waals surface area contributed by atoms with Gasteiger partial charge in [-0.2, -0.15) is 0 Å². The number of carbonyl (C=O) groups excluding carboxylic acids is 3. The van der Waals surface area contributed by atoms with Crippen molar-refractivity contribution < 1.29 is 69.6 Å². The number of phosphoric ester groups is 2. The lowest BCUT2D eigenvalue weighted by molar-refractivity contribution is -0.150. The average molecular weight is 1240 g/mol. The highest BCUT2D eigenvalue weighted by atomic mass is 31.2. The van der Waals surface area contributed by atoms with Gasteiger partial charge in [-0.05, 0) is 71.3 Å². The van der Waals surface area contributed by atoms with Crippen molar-refractivity contribution in [2.75, 3.05) is 79.2 Å². The van der Waals surface area contributed by atoms with E-state index >= 15 is 0 Å². The van der Waals surface area contributed by atoms with E-state index in [-0.39, 0.29) is 116 Å². The van der Waals surface area contributed by atoms with E-state index in [0.717, 1.165) is 51.4 Å². The molecule has 0 aliphatic heterocycles. The van der Waals surface area contributed by atoms with E-state index in [0.29, 0.717) is 0 Å². The maximum Gasteiger partial charge on any atom is 0.475 e. The fourth-order valence-electron chi connectivity index (χ4n) is 7.42. The Bertz CT molecular complexity index is 2300. The summed E-state index contributed by atoms with van der Waals surface area (Å²) in [5.74, 6) is 24.5. The maximum atomic E-state index is 13.5. The second kappa shape index (κ2) is 57.9. The van der Waals surface area contributed by atoms with Gasteiger partial charge in [0.2, 0.25) is 0 Å². The molecule has 86 heavy (non-hydrogen) atoms. The minimum Gasteiger partial charge on any atom is -0.461 e. The number of ether oxygens (including phenoxy) is 4. The molecular formula is C61H92N8O15P2. The lowest BCUT2D eigenvalue weighted by Crippen LogP contribution is -2.38. The van der Waals surface area contributed by atoms with Gasteiger partial charge in [0.1, 0.15) is 12.2 Å². The number of rotatable bonds is 56. The smallest absolute Gasteiger partial charge is 0.461 e. The Morgan fingerprint density at radius 2 is 0.895 bits per heavy atom. The Morgan fingerprint density at radius 1 is 0.523 bits per heavy atom. The number of carbonyl (C=O) groups is 3. The van der Waals surface area contributed by atoms with Crippen LogP contribution in [0.3, 0.4) is 0 Å². The van der Waals surface area contributed by atoms with Gasteiger partial charge in [-0.25, -0.2) is 13.9 Å². The number of nitrogens with one attached hydrogen (secondary N) is 2. The van der Waals surface area contributed by atoms with Crippen molar-refractivity contribution in [3.8, 4) is 72.1 Å². The van der Waals surface area contributed by atoms with E-state index in [4.69, 9.17) is 58.9 Å². The summed E-state index contributed by atoms with van der Waals surface area (Å²) in [6.07, 6.45) is 33.2. The van der Waals surface area contributed by atoms with E-state index in [1.54, 1.807) is 0 Å². The summed E-state index contributed by atoms with van der Waals surface area (Å²) in [7, 11) is -8.64. The van der Waals surface area contributed by atoms with Crippen LogP contribution in [0.4, 0.5) is 4.79 Å². The molecule has 0 radical (unpaired) electrons. The van der Waals surface area contributed by atoms with Crippen molar-refractivity contribution in [3.05, 3.63) is 46.2 Å². The van der Waals surface area contributed by atoms with Crippen LogP contribution >= 0.6 is 15.6 Å². The van der Waals surface area contributed by atoms with Crippen LogP contribution in [0.25, 0.3) is 20.9 Å². The highest BCUT2D eigenvalue weighted by Gasteiger charge is 2.30. The first-order valence-electron chi connectivity index (χ1n) is 29.7. The number of hydrogen-bond acceptors (Lipinski definition) is 17. The van der Waals surface area contributed by atoms with Gasteiger partial charge in [-0.15, -0.1) is 26.0 Å². The van der Waals surface area contributed by atoms with Crippen LogP contribution in [0.2, 0.25) is 0 Å². The molecular weight excluding hydrogens is 1150 g/mol. The predicted octanol–water partition coefficient (Wildman–Crippen LogP) is 12.9. The van der Waals surface area contributed by atoms with Gasteiger partial charge >= 0.3 is 33.6 Å². The molecule has 0 spiro atoms. The van der Waals surface area contributed by atoms with Gasteiger partial charge < -0.3 is 29.6 Å². The summed E-state index contributed by atoms with van der Waals surface area (Å²) in [6.45, 7) is 8.79. The van der Waals surface area contributed by atoms with Crippen molar-refractivity contribution in [3.63, 3.8) is 0 Å². The molecule has 2 N–H and O–H groups in total. The number of unbranched alkanes of at least 4 members (excludes halogenated alkanes) is 16. The number of esters is 2. The summed E-state index contributed by atoms with van der Waals surface area (Å²) in [6, 6.07) is -2.69. The molecule has 0 fully saturated rings. The number of phosphoric acid groups is 2. The molecule has 0 aliphatic carbocycles. The third-order valence-electron chi connectivity index (χ3n) is 11.8. The van der Waals surface area contributed by atoms with Crippen LogP contribution in [-0.2, 0) is 64.8 Å². The second-order valence-electron chi connectivity index (χ2n) is 19.1. The zero-order valence-corrected chi connectivity index (χ0v) is 52.5. The van der Waals surface area contributed by atoms with E-state index < -0.39 is 59.2 Å². The molecule has 0 aromatic carbocycles. The Labute approximate surface area is 511 Å². The van der Waals surface area contributed by atoms with E-state index in [1.165, 1.54) is 76.4 Å². The first kappa shape index (κ1) is 79.8. The van der Waals surface area contributed by atoms with E-state index in [2.05, 4.69) is 117 Å². The Morgan fingerprint density at radius 3 is 1.24 bits per heavy atom. The zero-order valence-electron chi connectivity index (χ0n) is 50.7. The molecule has 2 amide bonds. The molecule has 0 aromatic rings. The van der Waals surface area contributed by atoms with Crippen molar-refractivity contribution >= 4 is 33.6 Å². The van der Waals surface area contributed by atoms with Crippen LogP contribution in [-0.4, -0.2) is 121 Å². The highest BCUT2D eigenvalue weighted by Crippen LogP contribution is 2.50. The number of azide groups is 2. The molecule has 25 heteroatoms. The largest absolute Gasteiger partial charge is 0.475 e. The minimum absolute atomic E-state index is 0.0760. The average Bonchev–Trinajstić information content (AvgIpc) is 3.66. The summed E-state index contributed by atoms with van der Waals surface area (Å²) < 4.78 is 82.3. The SMILES string of the molecule is C#CC#CC#CC[C@H](CCOC[C@H](COP(=O)(OCC=C)OCCNC(=O)NCCOP(=O)(OCC=C)OC[C@@H](COCC[C@@H](CC#CC#CC#C)OC(=O)CCCCCCCCCCC)N=[N+]=[N-])N=[N+]=[N-])OC(=O)CCCCCCCCCCC. The van der Waals surface area contributed by atoms with Crippen LogP contribution in [0.1, 0.15) is 168 Å². The first-order valence-corrected chi connectivity index (χ1v) is 32.6. The molecule has 0 aromatic heterocycles. The van der Waals surface area contributed by atoms with Crippen LogP contribution in [0, 0.1) is 72.1 Å². The third-order valence-corrected chi connectivity index (χ3v) is 14.7. The van der Waals surface area contributed by atoms with Gasteiger partial charge in [-0.3, -0.25) is 36.7 Å². The van der Waals surface area contributed by atoms with Crippen LogP contribution in [0.5, 0.6) is 0 Å². The van der Waals surface area contributed by atoms with Crippen molar-refractivity contribution in [1.82, 2.24) is 10.6 Å². The Balaban J connectivity index is 5.16. The van der Waals surface area contributed by atoms with Crippen LogP contribution < -0.4 is 10.6 Å². The maximum absolute atomic E-state index is 13.5. The molecule has 0 saturated heterocycles. The summed E-state index contributed by atoms with van der Waals surface area (Å²) in [5.41, 5.74) is 18.5. The van der Waals surface area contributed by atoms with Crippen molar-refractivity contribution in [2.45, 2.75) is 192 Å². The molecule has 2 unspecified atom stereocenters. The van der Waals surface area contributed by atoms with Crippen molar-refractivity contribution in [2.24, 2.45) is 10.2 Å². The second-order valence-corrected chi connectivity index (χ2v) is 22.5. The molecule has 0 saturated carbocycles. The third kappa shape index (κ3) is 50.0. The van der Waals surface area contributed by atoms with Gasteiger partial charge in [0.25, 0.3) is 0 Å². The number of amides is 2. The number of nitrogens with zero attached hydrogens (tertiary/aromatic N) is 6. The topological polar surface area (TPSA) is 299 Å². The molecule has 6 atom stereocenters. The fraction of sp³-hybridized carbons (Fsp3) is 0.689. The number of hydrogen-bond donors (Lipinski definition) is 2. The molecule has 0 bridgehead atoms. The lowest BCUT2D eigenvalue weighted by atomic mass is 10.1. The van der Waals surface area contributed by atoms with Crippen LogP contribution in [0.15, 0.2) is 35.5 Å². The van der Waals surface area contributed by atoms with Gasteiger partial charge in [0.15, 0.2) is 0 Å². The van der Waals surface area contributed by atoms with Gasteiger partial charge in [0.05, 0.1) is 78.2 Å². The lowest BCUT2D eigenvalue weighted by Gasteiger charge is -2.20. The predicted molar refractivity (Wildman–Crippen MR) is 331 cm³/mol. The Hall–Kier alpha value is -6.19. The standard InChI is InChI=1S/C61H92N8O15P2/c1-7-13-17-21-23-25-27-31-35-39-59(70)83-57(37-33-29-19-15-9-3)41-47-75-51-55(66-68-62)53-81-85(73,77-45-11-5)79-49-43-64-61(72)65-44-50-80-86(74,78-46-12-6)82-54-56(67-69-63)52-76-48-42-58(38-34-30-20-16-10-4)84-60(71)40-36-32-28-26-24-22-18-14-8-2/h3-4,11-12,55-58H,5-8,13-14,17-18,21-28,31-32,35-54H2,1-2H3,(H2,64,65,72)/t55-,56-,57-,58-,85?,86?/m1/s1. The number of urea groups is 1. The van der Waals surface area contributed by atoms with Gasteiger partial charge in [0, 0.05) is 61.4 Å². The summed E-state index contributed by atoms with van der Waals surface area (Å²) in [5, 5.41) is 12.3. The highest BCUT2D eigenvalue weighted by molar-refractivity contribution is 7.48. The summed E-state index contributed by atoms with van der Waals surface area (Å²) >= 11 is 0. The van der Waals surface area contributed by atoms with E-state index in [9.17, 15) is 34.6 Å². The quantitative estimate of drug-likeness (QED) is 0.00836. The van der Waals surface area contributed by atoms with E-state index in [1.807, 2.05) is 0 Å². The zero-order chi connectivity index (χ0) is 63.3. The molecule has 0 aliphatic rings. The monoisotopic (exact) mass is 1240 g/mol. The molecule has 23 nitrogen and oxygen atoms in total. The van der Waals surface area contributed by atoms with Gasteiger partial charge in [-0.1, -0.05) is 151 Å². The number of terminal acetylenes is 2. The first-order chi connectivity index (χ1) is 41.9.